The lowest BCUT2D eigenvalue weighted by Gasteiger charge is -2.32. The highest BCUT2D eigenvalue weighted by atomic mass is 35.5. The number of esters is 2. The molecular weight excluding hydrogens is 447 g/mol. The van der Waals surface area contributed by atoms with Crippen molar-refractivity contribution in [1.29, 1.82) is 0 Å². The van der Waals surface area contributed by atoms with E-state index in [2.05, 4.69) is 5.32 Å². The van der Waals surface area contributed by atoms with E-state index in [1.54, 1.807) is 32.0 Å². The summed E-state index contributed by atoms with van der Waals surface area (Å²) in [6, 6.07) is 4.96. The molecule has 1 aromatic carbocycles. The fourth-order valence-electron chi connectivity index (χ4n) is 3.26. The number of hydrogen-bond donors (Lipinski definition) is 3. The first-order valence-corrected chi connectivity index (χ1v) is 10.4. The predicted octanol–water partition coefficient (Wildman–Crippen LogP) is 2.28. The second kappa shape index (κ2) is 11.5. The summed E-state index contributed by atoms with van der Waals surface area (Å²) in [7, 11) is 1.25. The Balaban J connectivity index is 2.66. The Bertz CT molecular complexity index is 900. The Hall–Kier alpha value is -2.10. The lowest BCUT2D eigenvalue weighted by molar-refractivity contribution is -0.139. The van der Waals surface area contributed by atoms with Crippen LogP contribution in [0, 0.1) is 0 Å². The predicted molar refractivity (Wildman–Crippen MR) is 117 cm³/mol. The Labute approximate surface area is 190 Å². The summed E-state index contributed by atoms with van der Waals surface area (Å²) in [4.78, 5) is 25.7. The molecule has 170 valence electrons. The standard InChI is InChI=1S/C21H26Cl2N2O6/c1-4-31-21(28)18-15(10-30-9-12(26)8-24)25-11(2)16(20(27)29-3)17(18)13-6-5-7-14(22)19(13)23/h5-7,12,17,25-26H,4,8-10,24H2,1-3H3. The number of allylic oxidation sites excluding steroid dienone is 1. The van der Waals surface area contributed by atoms with Crippen molar-refractivity contribution in [1.82, 2.24) is 5.32 Å². The van der Waals surface area contributed by atoms with Crippen LogP contribution in [0.15, 0.2) is 40.7 Å². The van der Waals surface area contributed by atoms with E-state index in [-0.39, 0.29) is 47.6 Å². The highest BCUT2D eigenvalue weighted by molar-refractivity contribution is 6.42. The van der Waals surface area contributed by atoms with Gasteiger partial charge in [-0.15, -0.1) is 0 Å². The normalized spacial score (nSPS) is 17.3. The van der Waals surface area contributed by atoms with Crippen molar-refractivity contribution in [3.8, 4) is 0 Å². The lowest BCUT2D eigenvalue weighted by Crippen LogP contribution is -2.35. The first kappa shape index (κ1) is 25.2. The maximum atomic E-state index is 13.0. The summed E-state index contributed by atoms with van der Waals surface area (Å²) in [5, 5.41) is 13.2. The van der Waals surface area contributed by atoms with Crippen LogP contribution < -0.4 is 11.1 Å². The zero-order valence-electron chi connectivity index (χ0n) is 17.5. The van der Waals surface area contributed by atoms with Crippen molar-refractivity contribution in [2.24, 2.45) is 5.73 Å². The van der Waals surface area contributed by atoms with E-state index in [0.29, 0.717) is 17.0 Å². The van der Waals surface area contributed by atoms with E-state index in [1.807, 2.05) is 0 Å². The number of ether oxygens (including phenoxy) is 3. The van der Waals surface area contributed by atoms with Gasteiger partial charge in [-0.2, -0.15) is 0 Å². The zero-order chi connectivity index (χ0) is 23.1. The molecule has 1 aliphatic heterocycles. The van der Waals surface area contributed by atoms with Gasteiger partial charge in [0.2, 0.25) is 0 Å². The first-order valence-electron chi connectivity index (χ1n) is 9.62. The fraction of sp³-hybridized carbons (Fsp3) is 0.429. The average Bonchev–Trinajstić information content (AvgIpc) is 2.74. The summed E-state index contributed by atoms with van der Waals surface area (Å²) in [6.07, 6.45) is -0.851. The number of halogens is 2. The topological polar surface area (TPSA) is 120 Å². The first-order chi connectivity index (χ1) is 14.8. The molecular formula is C21H26Cl2N2O6. The van der Waals surface area contributed by atoms with Crippen molar-refractivity contribution in [2.45, 2.75) is 25.9 Å². The number of carbonyl (C=O) groups excluding carboxylic acids is 2. The van der Waals surface area contributed by atoms with Crippen LogP contribution in [0.2, 0.25) is 10.0 Å². The summed E-state index contributed by atoms with van der Waals surface area (Å²) >= 11 is 12.7. The Morgan fingerprint density at radius 1 is 1.26 bits per heavy atom. The van der Waals surface area contributed by atoms with Crippen molar-refractivity contribution in [3.63, 3.8) is 0 Å². The third kappa shape index (κ3) is 5.78. The molecule has 2 atom stereocenters. The summed E-state index contributed by atoms with van der Waals surface area (Å²) in [6.45, 7) is 3.40. The smallest absolute Gasteiger partial charge is 0.336 e. The van der Waals surface area contributed by atoms with Gasteiger partial charge in [-0.3, -0.25) is 0 Å². The molecule has 0 spiro atoms. The molecule has 8 nitrogen and oxygen atoms in total. The molecule has 0 radical (unpaired) electrons. The number of methoxy groups -OCH3 is 1. The number of aliphatic hydroxyl groups is 1. The van der Waals surface area contributed by atoms with Crippen molar-refractivity contribution >= 4 is 35.1 Å². The van der Waals surface area contributed by atoms with Crippen LogP contribution in [0.25, 0.3) is 0 Å². The van der Waals surface area contributed by atoms with Gasteiger partial charge in [-0.25, -0.2) is 9.59 Å². The van der Waals surface area contributed by atoms with Crippen LogP contribution in [0.1, 0.15) is 25.3 Å². The van der Waals surface area contributed by atoms with Gasteiger partial charge in [0.1, 0.15) is 0 Å². The average molecular weight is 473 g/mol. The molecule has 31 heavy (non-hydrogen) atoms. The molecule has 0 amide bonds. The Morgan fingerprint density at radius 2 is 1.97 bits per heavy atom. The molecule has 2 unspecified atom stereocenters. The molecule has 0 fully saturated rings. The molecule has 0 aliphatic carbocycles. The second-order valence-electron chi connectivity index (χ2n) is 6.75. The van der Waals surface area contributed by atoms with Gasteiger partial charge in [0.05, 0.1) is 65.8 Å². The van der Waals surface area contributed by atoms with Crippen molar-refractivity contribution < 1.29 is 28.9 Å². The molecule has 2 rings (SSSR count). The Morgan fingerprint density at radius 3 is 2.58 bits per heavy atom. The fourth-order valence-corrected chi connectivity index (χ4v) is 3.68. The molecule has 0 bridgehead atoms. The molecule has 1 heterocycles. The minimum atomic E-state index is -0.906. The van der Waals surface area contributed by atoms with Gasteiger partial charge in [0.15, 0.2) is 0 Å². The number of nitrogens with two attached hydrogens (primary N) is 1. The van der Waals surface area contributed by atoms with Crippen molar-refractivity contribution in [2.75, 3.05) is 33.5 Å². The van der Waals surface area contributed by atoms with Crippen LogP contribution in [0.5, 0.6) is 0 Å². The maximum Gasteiger partial charge on any atom is 0.336 e. The summed E-state index contributed by atoms with van der Waals surface area (Å²) in [5.74, 6) is -2.19. The quantitative estimate of drug-likeness (QED) is 0.468. The van der Waals surface area contributed by atoms with E-state index in [9.17, 15) is 14.7 Å². The van der Waals surface area contributed by atoms with Gasteiger partial charge < -0.3 is 30.4 Å². The highest BCUT2D eigenvalue weighted by Gasteiger charge is 2.40. The monoisotopic (exact) mass is 472 g/mol. The molecule has 0 aromatic heterocycles. The number of benzene rings is 1. The number of hydrogen-bond acceptors (Lipinski definition) is 8. The zero-order valence-corrected chi connectivity index (χ0v) is 19.0. The summed E-state index contributed by atoms with van der Waals surface area (Å²) in [5.41, 5.74) is 7.01. The summed E-state index contributed by atoms with van der Waals surface area (Å²) < 4.78 is 15.8. The number of carbonyl (C=O) groups is 2. The molecule has 10 heteroatoms. The van der Waals surface area contributed by atoms with Crippen LogP contribution in [0.4, 0.5) is 0 Å². The van der Waals surface area contributed by atoms with E-state index >= 15 is 0 Å². The maximum absolute atomic E-state index is 13.0. The number of rotatable bonds is 9. The van der Waals surface area contributed by atoms with E-state index < -0.39 is 24.0 Å². The second-order valence-corrected chi connectivity index (χ2v) is 7.53. The van der Waals surface area contributed by atoms with Crippen LogP contribution >= 0.6 is 23.2 Å². The van der Waals surface area contributed by atoms with Gasteiger partial charge in [-0.05, 0) is 25.5 Å². The van der Waals surface area contributed by atoms with E-state index in [1.165, 1.54) is 7.11 Å². The minimum absolute atomic E-state index is 0.0311. The molecule has 0 saturated carbocycles. The lowest BCUT2D eigenvalue weighted by atomic mass is 9.80. The molecule has 4 N–H and O–H groups in total. The third-order valence-electron chi connectivity index (χ3n) is 4.67. The van der Waals surface area contributed by atoms with Gasteiger partial charge in [0.25, 0.3) is 0 Å². The van der Waals surface area contributed by atoms with Crippen molar-refractivity contribution in [3.05, 3.63) is 56.3 Å². The van der Waals surface area contributed by atoms with Crippen LogP contribution in [-0.4, -0.2) is 56.6 Å². The van der Waals surface area contributed by atoms with Crippen LogP contribution in [-0.2, 0) is 23.8 Å². The number of dihydropyridines is 1. The minimum Gasteiger partial charge on any atom is -0.466 e. The molecule has 1 aliphatic rings. The van der Waals surface area contributed by atoms with Gasteiger partial charge >= 0.3 is 11.9 Å². The number of aliphatic hydroxyl groups excluding tert-OH is 1. The number of nitrogens with one attached hydrogen (secondary N) is 1. The largest absolute Gasteiger partial charge is 0.466 e. The molecule has 0 saturated heterocycles. The third-order valence-corrected chi connectivity index (χ3v) is 5.50. The highest BCUT2D eigenvalue weighted by Crippen LogP contribution is 2.43. The molecule has 1 aromatic rings. The SMILES string of the molecule is CCOC(=O)C1=C(COCC(O)CN)NC(C)=C(C(=O)OC)C1c1cccc(Cl)c1Cl. The van der Waals surface area contributed by atoms with E-state index in [0.717, 1.165) is 0 Å². The van der Waals surface area contributed by atoms with Gasteiger partial charge in [0, 0.05) is 12.2 Å². The van der Waals surface area contributed by atoms with E-state index in [4.69, 9.17) is 43.1 Å². The Kier molecular flexibility index (Phi) is 9.33. The van der Waals surface area contributed by atoms with Gasteiger partial charge in [-0.1, -0.05) is 35.3 Å². The van der Waals surface area contributed by atoms with Crippen LogP contribution in [0.3, 0.4) is 0 Å².